The van der Waals surface area contributed by atoms with Crippen molar-refractivity contribution in [3.8, 4) is 0 Å². The summed E-state index contributed by atoms with van der Waals surface area (Å²) in [6.45, 7) is 3.75. The lowest BCUT2D eigenvalue weighted by atomic mass is 10.2. The normalized spacial score (nSPS) is 19.2. The quantitative estimate of drug-likeness (QED) is 0.809. The molecule has 1 atom stereocenters. The van der Waals surface area contributed by atoms with Crippen LogP contribution in [0.4, 0.5) is 5.95 Å². The Morgan fingerprint density at radius 3 is 3.10 bits per heavy atom. The Balaban J connectivity index is 2.05. The van der Waals surface area contributed by atoms with Crippen LogP contribution in [0.15, 0.2) is 18.0 Å². The molecule has 0 radical (unpaired) electrons. The number of amides is 2. The van der Waals surface area contributed by atoms with Gasteiger partial charge in [0.05, 0.1) is 5.88 Å². The van der Waals surface area contributed by atoms with E-state index < -0.39 is 6.04 Å². The third kappa shape index (κ3) is 3.19. The van der Waals surface area contributed by atoms with Gasteiger partial charge in [-0.2, -0.15) is 10.1 Å². The lowest BCUT2D eigenvalue weighted by Crippen LogP contribution is -2.45. The van der Waals surface area contributed by atoms with Crippen LogP contribution in [0.2, 0.25) is 0 Å². The monoisotopic (exact) mass is 295 g/mol. The number of nitrogens with one attached hydrogen (secondary N) is 2. The van der Waals surface area contributed by atoms with Crippen molar-refractivity contribution in [3.05, 3.63) is 18.0 Å². The van der Waals surface area contributed by atoms with Gasteiger partial charge >= 0.3 is 0 Å². The van der Waals surface area contributed by atoms with Crippen molar-refractivity contribution in [2.75, 3.05) is 16.9 Å². The fourth-order valence-corrected chi connectivity index (χ4v) is 3.10. The number of hydrogen-bond acceptors (Lipinski definition) is 5. The minimum absolute atomic E-state index is 0.0884. The maximum Gasteiger partial charge on any atom is 0.250 e. The van der Waals surface area contributed by atoms with E-state index in [4.69, 9.17) is 0 Å². The van der Waals surface area contributed by atoms with Gasteiger partial charge in [0.1, 0.15) is 12.4 Å². The van der Waals surface area contributed by atoms with E-state index in [-0.39, 0.29) is 11.8 Å². The van der Waals surface area contributed by atoms with Crippen molar-refractivity contribution < 1.29 is 9.59 Å². The van der Waals surface area contributed by atoms with E-state index in [1.165, 1.54) is 6.33 Å². The summed E-state index contributed by atoms with van der Waals surface area (Å²) in [4.78, 5) is 29.9. The number of aromatic amines is 1. The zero-order valence-corrected chi connectivity index (χ0v) is 12.2. The molecule has 2 heterocycles. The van der Waals surface area contributed by atoms with Gasteiger partial charge in [0.15, 0.2) is 0 Å². The first-order chi connectivity index (χ1) is 9.63. The average molecular weight is 295 g/mol. The Morgan fingerprint density at radius 2 is 2.45 bits per heavy atom. The zero-order chi connectivity index (χ0) is 14.5. The molecule has 0 saturated carbocycles. The van der Waals surface area contributed by atoms with Gasteiger partial charge in [0, 0.05) is 11.3 Å². The van der Waals surface area contributed by atoms with Gasteiger partial charge < -0.3 is 4.90 Å². The van der Waals surface area contributed by atoms with Crippen molar-refractivity contribution in [2.24, 2.45) is 0 Å². The van der Waals surface area contributed by atoms with E-state index in [0.29, 0.717) is 23.2 Å². The molecule has 7 nitrogen and oxygen atoms in total. The summed E-state index contributed by atoms with van der Waals surface area (Å²) in [5.41, 5.74) is 0.674. The Bertz CT molecular complexity index is 514. The van der Waals surface area contributed by atoms with Crippen LogP contribution >= 0.6 is 11.8 Å². The molecule has 1 aliphatic rings. The molecule has 1 fully saturated rings. The number of anilines is 1. The molecule has 8 heteroatoms. The van der Waals surface area contributed by atoms with Crippen molar-refractivity contribution in [2.45, 2.75) is 26.3 Å². The highest BCUT2D eigenvalue weighted by Gasteiger charge is 2.35. The molecule has 0 spiro atoms. The van der Waals surface area contributed by atoms with Crippen LogP contribution in [0.25, 0.3) is 0 Å². The molecule has 1 aromatic heterocycles. The number of nitrogens with zero attached hydrogens (tertiary/aromatic N) is 3. The maximum absolute atomic E-state index is 12.3. The summed E-state index contributed by atoms with van der Waals surface area (Å²) in [5, 5.41) is 8.85. The van der Waals surface area contributed by atoms with E-state index in [2.05, 4.69) is 20.5 Å². The Morgan fingerprint density at radius 1 is 1.65 bits per heavy atom. The highest BCUT2D eigenvalue weighted by atomic mass is 32.2. The first kappa shape index (κ1) is 14.6. The van der Waals surface area contributed by atoms with Crippen molar-refractivity contribution in [1.29, 1.82) is 0 Å². The molecule has 0 unspecified atom stereocenters. The minimum atomic E-state index is -0.474. The second-order valence-electron chi connectivity index (χ2n) is 4.41. The van der Waals surface area contributed by atoms with Gasteiger partial charge in [0.25, 0.3) is 5.91 Å². The lowest BCUT2D eigenvalue weighted by Gasteiger charge is -2.22. The van der Waals surface area contributed by atoms with Crippen LogP contribution < -0.4 is 5.32 Å². The van der Waals surface area contributed by atoms with Crippen LogP contribution in [0, 0.1) is 0 Å². The standard InChI is InChI=1S/C12H17N5O2S/c1-3-4-8(2)11(19)17-7-20-5-9(17)10(18)15-12-13-6-14-16-12/h4,6,9H,3,5,7H2,1-2H3,(H2,13,14,15,16,18)/b8-4-/t9-/m0/s1. The molecule has 1 aliphatic heterocycles. The number of aromatic nitrogens is 3. The highest BCUT2D eigenvalue weighted by Crippen LogP contribution is 2.23. The first-order valence-electron chi connectivity index (χ1n) is 6.35. The van der Waals surface area contributed by atoms with Gasteiger partial charge in [0.2, 0.25) is 11.9 Å². The second-order valence-corrected chi connectivity index (χ2v) is 5.41. The summed E-state index contributed by atoms with van der Waals surface area (Å²) in [6.07, 6.45) is 3.99. The third-order valence-electron chi connectivity index (χ3n) is 2.95. The molecule has 2 rings (SSSR count). The first-order valence-corrected chi connectivity index (χ1v) is 7.50. The number of hydrogen-bond donors (Lipinski definition) is 2. The van der Waals surface area contributed by atoms with Crippen LogP contribution in [0.3, 0.4) is 0 Å². The Hall–Kier alpha value is -1.83. The SMILES string of the molecule is CC/C=C(/C)C(=O)N1CSC[C@H]1C(=O)Nc1ncn[nH]1. The molecule has 20 heavy (non-hydrogen) atoms. The summed E-state index contributed by atoms with van der Waals surface area (Å²) >= 11 is 1.57. The number of H-pyrrole nitrogens is 1. The Kier molecular flexibility index (Phi) is 4.78. The van der Waals surface area contributed by atoms with Crippen molar-refractivity contribution in [1.82, 2.24) is 20.1 Å². The van der Waals surface area contributed by atoms with E-state index in [1.807, 2.05) is 13.0 Å². The van der Waals surface area contributed by atoms with E-state index in [0.717, 1.165) is 6.42 Å². The third-order valence-corrected chi connectivity index (χ3v) is 3.96. The number of rotatable bonds is 4. The van der Waals surface area contributed by atoms with Crippen LogP contribution in [-0.4, -0.2) is 49.6 Å². The zero-order valence-electron chi connectivity index (χ0n) is 11.4. The number of carbonyl (C=O) groups is 2. The maximum atomic E-state index is 12.3. The molecular weight excluding hydrogens is 278 g/mol. The molecular formula is C12H17N5O2S. The van der Waals surface area contributed by atoms with Crippen LogP contribution in [0.1, 0.15) is 20.3 Å². The van der Waals surface area contributed by atoms with Crippen LogP contribution in [-0.2, 0) is 9.59 Å². The molecule has 108 valence electrons. The average Bonchev–Trinajstić information content (AvgIpc) is 3.08. The molecule has 0 aromatic carbocycles. The van der Waals surface area contributed by atoms with Gasteiger partial charge in [-0.1, -0.05) is 13.0 Å². The summed E-state index contributed by atoms with van der Waals surface area (Å²) in [7, 11) is 0. The van der Waals surface area contributed by atoms with Gasteiger partial charge in [-0.3, -0.25) is 14.9 Å². The van der Waals surface area contributed by atoms with E-state index >= 15 is 0 Å². The summed E-state index contributed by atoms with van der Waals surface area (Å²) < 4.78 is 0. The molecule has 0 aliphatic carbocycles. The number of carbonyl (C=O) groups excluding carboxylic acids is 2. The number of thioether (sulfide) groups is 1. The fraction of sp³-hybridized carbons (Fsp3) is 0.500. The Labute approximate surface area is 121 Å². The predicted molar refractivity (Wildman–Crippen MR) is 77.0 cm³/mol. The van der Waals surface area contributed by atoms with E-state index in [9.17, 15) is 9.59 Å². The molecule has 1 aromatic rings. The highest BCUT2D eigenvalue weighted by molar-refractivity contribution is 7.99. The largest absolute Gasteiger partial charge is 0.317 e. The summed E-state index contributed by atoms with van der Waals surface area (Å²) in [5.74, 6) is 1.08. The van der Waals surface area contributed by atoms with E-state index in [1.54, 1.807) is 23.6 Å². The fourth-order valence-electron chi connectivity index (χ4n) is 1.95. The van der Waals surface area contributed by atoms with Crippen molar-refractivity contribution in [3.63, 3.8) is 0 Å². The van der Waals surface area contributed by atoms with Gasteiger partial charge in [-0.15, -0.1) is 11.8 Å². The van der Waals surface area contributed by atoms with Gasteiger partial charge in [-0.05, 0) is 13.3 Å². The topological polar surface area (TPSA) is 91.0 Å². The predicted octanol–water partition coefficient (Wildman–Crippen LogP) is 1.00. The minimum Gasteiger partial charge on any atom is -0.317 e. The molecule has 2 amide bonds. The molecule has 2 N–H and O–H groups in total. The van der Waals surface area contributed by atoms with Gasteiger partial charge in [-0.25, -0.2) is 5.10 Å². The summed E-state index contributed by atoms with van der Waals surface area (Å²) in [6, 6.07) is -0.474. The smallest absolute Gasteiger partial charge is 0.250 e. The number of allylic oxidation sites excluding steroid dienone is 1. The van der Waals surface area contributed by atoms with Crippen molar-refractivity contribution >= 4 is 29.5 Å². The molecule has 1 saturated heterocycles. The van der Waals surface area contributed by atoms with Crippen LogP contribution in [0.5, 0.6) is 0 Å². The lowest BCUT2D eigenvalue weighted by molar-refractivity contribution is -0.133. The second kappa shape index (κ2) is 6.56. The molecule has 0 bridgehead atoms.